The van der Waals surface area contributed by atoms with Gasteiger partial charge in [-0.25, -0.2) is 0 Å². The van der Waals surface area contributed by atoms with Gasteiger partial charge in [-0.1, -0.05) is 13.3 Å². The van der Waals surface area contributed by atoms with Crippen LogP contribution in [0.4, 0.5) is 0 Å². The van der Waals surface area contributed by atoms with E-state index in [1.165, 1.54) is 32.1 Å². The maximum Gasteiger partial charge on any atom is 0.175 e. The first-order chi connectivity index (χ1) is 8.28. The Morgan fingerprint density at radius 3 is 3.00 bits per heavy atom. The highest BCUT2D eigenvalue weighted by Crippen LogP contribution is 2.26. The van der Waals surface area contributed by atoms with Crippen LogP contribution in [0.15, 0.2) is 0 Å². The predicted octanol–water partition coefficient (Wildman–Crippen LogP) is 1.31. The molecule has 1 N–H and O–H groups in total. The molecule has 1 heterocycles. The number of rotatable bonds is 5. The lowest BCUT2D eigenvalue weighted by molar-refractivity contribution is 0.281. The number of nitrogens with zero attached hydrogens (tertiary/aromatic N) is 4. The van der Waals surface area contributed by atoms with Crippen molar-refractivity contribution < 1.29 is 0 Å². The second-order valence-corrected chi connectivity index (χ2v) is 5.08. The molecule has 0 amide bonds. The molecule has 1 aromatic rings. The van der Waals surface area contributed by atoms with Crippen molar-refractivity contribution in [3.8, 4) is 0 Å². The lowest BCUT2D eigenvalue weighted by atomic mass is 9.83. The highest BCUT2D eigenvalue weighted by atomic mass is 15.6. The van der Waals surface area contributed by atoms with E-state index >= 15 is 0 Å². The molecule has 2 unspecified atom stereocenters. The van der Waals surface area contributed by atoms with E-state index in [9.17, 15) is 0 Å². The van der Waals surface area contributed by atoms with Crippen LogP contribution in [0, 0.1) is 5.92 Å². The average Bonchev–Trinajstić information content (AvgIpc) is 2.73. The fraction of sp³-hybridized carbons (Fsp3) is 0.917. The molecule has 1 aromatic heterocycles. The second kappa shape index (κ2) is 6.10. The highest BCUT2D eigenvalue weighted by molar-refractivity contribution is 4.86. The van der Waals surface area contributed by atoms with Crippen LogP contribution in [0.3, 0.4) is 0 Å². The third-order valence-corrected chi connectivity index (χ3v) is 3.49. The topological polar surface area (TPSA) is 55.6 Å². The summed E-state index contributed by atoms with van der Waals surface area (Å²) < 4.78 is 0. The standard InChI is InChI=1S/C12H23N5/c1-3-7-13-11-6-4-5-10(8-11)9-12-14-16-17(2)15-12/h10-11,13H,3-9H2,1-2H3. The molecule has 17 heavy (non-hydrogen) atoms. The van der Waals surface area contributed by atoms with Crippen LogP contribution >= 0.6 is 0 Å². The third kappa shape index (κ3) is 3.77. The summed E-state index contributed by atoms with van der Waals surface area (Å²) in [6.45, 7) is 3.36. The van der Waals surface area contributed by atoms with Gasteiger partial charge in [0.05, 0.1) is 7.05 Å². The molecule has 1 aliphatic rings. The van der Waals surface area contributed by atoms with E-state index in [0.29, 0.717) is 6.04 Å². The molecule has 2 rings (SSSR count). The van der Waals surface area contributed by atoms with Gasteiger partial charge in [-0.2, -0.15) is 4.80 Å². The van der Waals surface area contributed by atoms with Crippen molar-refractivity contribution in [2.75, 3.05) is 6.54 Å². The molecule has 5 heteroatoms. The molecule has 0 aliphatic heterocycles. The number of tetrazole rings is 1. The molecule has 2 atom stereocenters. The number of hydrogen-bond donors (Lipinski definition) is 1. The van der Waals surface area contributed by atoms with Gasteiger partial charge in [0.2, 0.25) is 0 Å². The summed E-state index contributed by atoms with van der Waals surface area (Å²) in [6, 6.07) is 0.699. The summed E-state index contributed by atoms with van der Waals surface area (Å²) in [5, 5.41) is 15.9. The van der Waals surface area contributed by atoms with E-state index in [2.05, 4.69) is 27.7 Å². The minimum Gasteiger partial charge on any atom is -0.314 e. The van der Waals surface area contributed by atoms with Gasteiger partial charge in [-0.3, -0.25) is 0 Å². The molecule has 1 saturated carbocycles. The summed E-state index contributed by atoms with van der Waals surface area (Å²) in [4.78, 5) is 1.55. The molecule has 0 radical (unpaired) electrons. The van der Waals surface area contributed by atoms with Crippen molar-refractivity contribution in [1.82, 2.24) is 25.5 Å². The Hall–Kier alpha value is -0.970. The van der Waals surface area contributed by atoms with E-state index in [1.807, 2.05) is 7.05 Å². The van der Waals surface area contributed by atoms with Crippen LogP contribution in [0.1, 0.15) is 44.9 Å². The molecule has 0 spiro atoms. The number of aromatic nitrogens is 4. The molecule has 0 aromatic carbocycles. The first-order valence-corrected chi connectivity index (χ1v) is 6.74. The summed E-state index contributed by atoms with van der Waals surface area (Å²) in [6.07, 6.45) is 7.42. The van der Waals surface area contributed by atoms with Gasteiger partial charge in [0.25, 0.3) is 0 Å². The van der Waals surface area contributed by atoms with E-state index in [0.717, 1.165) is 24.7 Å². The molecule has 5 nitrogen and oxygen atoms in total. The fourth-order valence-electron chi connectivity index (χ4n) is 2.67. The lowest BCUT2D eigenvalue weighted by Gasteiger charge is -2.29. The SMILES string of the molecule is CCCNC1CCCC(Cc2nnn(C)n2)C1. The summed E-state index contributed by atoms with van der Waals surface area (Å²) in [5.74, 6) is 1.62. The van der Waals surface area contributed by atoms with Gasteiger partial charge < -0.3 is 5.32 Å². The molecular formula is C12H23N5. The van der Waals surface area contributed by atoms with Crippen LogP contribution in [-0.2, 0) is 13.5 Å². The Morgan fingerprint density at radius 1 is 1.41 bits per heavy atom. The Balaban J connectivity index is 1.80. The minimum atomic E-state index is 0.699. The first-order valence-electron chi connectivity index (χ1n) is 6.74. The maximum atomic E-state index is 4.27. The summed E-state index contributed by atoms with van der Waals surface area (Å²) >= 11 is 0. The van der Waals surface area contributed by atoms with Crippen LogP contribution in [0.25, 0.3) is 0 Å². The van der Waals surface area contributed by atoms with Crippen LogP contribution < -0.4 is 5.32 Å². The normalized spacial score (nSPS) is 25.1. The minimum absolute atomic E-state index is 0.699. The maximum absolute atomic E-state index is 4.27. The Labute approximate surface area is 103 Å². The fourth-order valence-corrected chi connectivity index (χ4v) is 2.67. The van der Waals surface area contributed by atoms with E-state index in [4.69, 9.17) is 0 Å². The van der Waals surface area contributed by atoms with Crippen LogP contribution in [0.2, 0.25) is 0 Å². The molecule has 0 saturated heterocycles. The molecule has 96 valence electrons. The largest absolute Gasteiger partial charge is 0.314 e. The van der Waals surface area contributed by atoms with Gasteiger partial charge in [0.15, 0.2) is 5.82 Å². The van der Waals surface area contributed by atoms with Crippen LogP contribution in [0.5, 0.6) is 0 Å². The van der Waals surface area contributed by atoms with Crippen molar-refractivity contribution in [3.05, 3.63) is 5.82 Å². The van der Waals surface area contributed by atoms with E-state index in [1.54, 1.807) is 4.80 Å². The van der Waals surface area contributed by atoms with Gasteiger partial charge in [0, 0.05) is 12.5 Å². The quantitative estimate of drug-likeness (QED) is 0.839. The highest BCUT2D eigenvalue weighted by Gasteiger charge is 2.22. The zero-order valence-electron chi connectivity index (χ0n) is 10.9. The van der Waals surface area contributed by atoms with Gasteiger partial charge in [-0.05, 0) is 43.4 Å². The molecule has 0 bridgehead atoms. The molecule has 1 fully saturated rings. The lowest BCUT2D eigenvalue weighted by Crippen LogP contribution is -2.35. The van der Waals surface area contributed by atoms with Crippen molar-refractivity contribution in [3.63, 3.8) is 0 Å². The van der Waals surface area contributed by atoms with Crippen LogP contribution in [-0.4, -0.2) is 32.8 Å². The predicted molar refractivity (Wildman–Crippen MR) is 66.5 cm³/mol. The zero-order chi connectivity index (χ0) is 12.1. The van der Waals surface area contributed by atoms with E-state index < -0.39 is 0 Å². The Bertz CT molecular complexity index is 335. The number of hydrogen-bond acceptors (Lipinski definition) is 4. The van der Waals surface area contributed by atoms with Crippen molar-refractivity contribution >= 4 is 0 Å². The molecular weight excluding hydrogens is 214 g/mol. The molecule has 1 aliphatic carbocycles. The van der Waals surface area contributed by atoms with Crippen molar-refractivity contribution in [1.29, 1.82) is 0 Å². The second-order valence-electron chi connectivity index (χ2n) is 5.08. The summed E-state index contributed by atoms with van der Waals surface area (Å²) in [7, 11) is 1.82. The first kappa shape index (κ1) is 12.5. The third-order valence-electron chi connectivity index (χ3n) is 3.49. The van der Waals surface area contributed by atoms with Gasteiger partial charge >= 0.3 is 0 Å². The zero-order valence-corrected chi connectivity index (χ0v) is 10.9. The van der Waals surface area contributed by atoms with Crippen molar-refractivity contribution in [2.24, 2.45) is 13.0 Å². The monoisotopic (exact) mass is 237 g/mol. The van der Waals surface area contributed by atoms with Gasteiger partial charge in [0.1, 0.15) is 0 Å². The average molecular weight is 237 g/mol. The Morgan fingerprint density at radius 2 is 2.29 bits per heavy atom. The van der Waals surface area contributed by atoms with Crippen molar-refractivity contribution in [2.45, 2.75) is 51.5 Å². The Kier molecular flexibility index (Phi) is 4.48. The smallest absolute Gasteiger partial charge is 0.175 e. The number of aryl methyl sites for hydroxylation is 1. The summed E-state index contributed by atoms with van der Waals surface area (Å²) in [5.41, 5.74) is 0. The number of nitrogens with one attached hydrogen (secondary N) is 1. The van der Waals surface area contributed by atoms with Gasteiger partial charge in [-0.15, -0.1) is 10.2 Å². The van der Waals surface area contributed by atoms with E-state index in [-0.39, 0.29) is 0 Å².